The molecule has 0 atom stereocenters. The number of rotatable bonds is 5. The number of aryl methyl sites for hydroxylation is 3. The first kappa shape index (κ1) is 18.3. The molecule has 0 radical (unpaired) electrons. The molecule has 3 aromatic rings. The van der Waals surface area contributed by atoms with Crippen LogP contribution in [0.1, 0.15) is 17.0 Å². The average molecular weight is 392 g/mol. The third-order valence-corrected chi connectivity index (χ3v) is 4.98. The quantitative estimate of drug-likeness (QED) is 0.511. The Kier molecular flexibility index (Phi) is 5.19. The molecule has 0 saturated heterocycles. The fraction of sp³-hybridized carbons (Fsp3) is 0.250. The van der Waals surface area contributed by atoms with Crippen LogP contribution < -0.4 is 11.2 Å². The van der Waals surface area contributed by atoms with Gasteiger partial charge >= 0.3 is 0 Å². The minimum atomic E-state index is -0.189. The zero-order chi connectivity index (χ0) is 18.8. The van der Waals surface area contributed by atoms with Crippen molar-refractivity contribution in [1.82, 2.24) is 24.7 Å². The molecule has 136 valence electrons. The van der Waals surface area contributed by atoms with E-state index >= 15 is 0 Å². The highest BCUT2D eigenvalue weighted by Gasteiger charge is 2.16. The van der Waals surface area contributed by atoms with Gasteiger partial charge in [0, 0.05) is 16.4 Å². The number of hydrogen-bond donors (Lipinski definition) is 2. The first-order valence-corrected chi connectivity index (χ1v) is 9.14. The summed E-state index contributed by atoms with van der Waals surface area (Å²) in [5.41, 5.74) is 3.35. The van der Waals surface area contributed by atoms with E-state index in [1.54, 1.807) is 16.8 Å². The number of benzene rings is 1. The van der Waals surface area contributed by atoms with E-state index in [-0.39, 0.29) is 11.7 Å². The molecule has 1 aromatic carbocycles. The van der Waals surface area contributed by atoms with E-state index in [2.05, 4.69) is 20.6 Å². The smallest absolute Gasteiger partial charge is 0.271 e. The summed E-state index contributed by atoms with van der Waals surface area (Å²) >= 11 is 7.25. The maximum atomic E-state index is 12.1. The predicted molar refractivity (Wildman–Crippen MR) is 102 cm³/mol. The van der Waals surface area contributed by atoms with Gasteiger partial charge in [0.05, 0.1) is 11.4 Å². The number of nitrogen functional groups attached to an aromatic ring is 1. The van der Waals surface area contributed by atoms with E-state index < -0.39 is 0 Å². The van der Waals surface area contributed by atoms with Crippen molar-refractivity contribution >= 4 is 35.0 Å². The number of aromatic nitrogens is 5. The van der Waals surface area contributed by atoms with Gasteiger partial charge in [-0.2, -0.15) is 5.10 Å². The molecule has 0 aliphatic rings. The van der Waals surface area contributed by atoms with Crippen molar-refractivity contribution in [2.75, 3.05) is 16.9 Å². The second kappa shape index (κ2) is 7.38. The number of thioether (sulfide) groups is 1. The molecule has 0 aliphatic carbocycles. The van der Waals surface area contributed by atoms with Crippen molar-refractivity contribution < 1.29 is 4.79 Å². The van der Waals surface area contributed by atoms with Gasteiger partial charge < -0.3 is 11.2 Å². The SMILES string of the molecule is Cc1cc(C)n(-c2nnc(SCC(=O)Nc3ccc(C)c(Cl)c3)n2N)n1. The summed E-state index contributed by atoms with van der Waals surface area (Å²) in [7, 11) is 0. The molecule has 1 amide bonds. The van der Waals surface area contributed by atoms with Crippen LogP contribution in [0, 0.1) is 20.8 Å². The zero-order valence-corrected chi connectivity index (χ0v) is 16.1. The van der Waals surface area contributed by atoms with Crippen LogP contribution in [0.2, 0.25) is 5.02 Å². The molecular weight excluding hydrogens is 374 g/mol. The van der Waals surface area contributed by atoms with Gasteiger partial charge in [-0.25, -0.2) is 9.36 Å². The summed E-state index contributed by atoms with van der Waals surface area (Å²) in [6.45, 7) is 5.69. The Morgan fingerprint density at radius 2 is 2.04 bits per heavy atom. The molecule has 8 nitrogen and oxygen atoms in total. The van der Waals surface area contributed by atoms with E-state index in [1.165, 1.54) is 16.4 Å². The van der Waals surface area contributed by atoms with Crippen molar-refractivity contribution in [1.29, 1.82) is 0 Å². The van der Waals surface area contributed by atoms with Crippen LogP contribution in [0.25, 0.3) is 5.95 Å². The van der Waals surface area contributed by atoms with E-state index in [1.807, 2.05) is 32.9 Å². The van der Waals surface area contributed by atoms with Crippen LogP contribution in [0.3, 0.4) is 0 Å². The molecule has 26 heavy (non-hydrogen) atoms. The third-order valence-electron chi connectivity index (χ3n) is 3.63. The van der Waals surface area contributed by atoms with Gasteiger partial charge in [0.15, 0.2) is 0 Å². The molecular formula is C16H18ClN7OS. The number of halogens is 1. The van der Waals surface area contributed by atoms with E-state index in [0.717, 1.165) is 17.0 Å². The van der Waals surface area contributed by atoms with Crippen molar-refractivity contribution in [2.45, 2.75) is 25.9 Å². The summed E-state index contributed by atoms with van der Waals surface area (Å²) in [6, 6.07) is 7.28. The Bertz CT molecular complexity index is 966. The highest BCUT2D eigenvalue weighted by Crippen LogP contribution is 2.21. The van der Waals surface area contributed by atoms with Crippen molar-refractivity contribution in [3.63, 3.8) is 0 Å². The Morgan fingerprint density at radius 1 is 1.27 bits per heavy atom. The van der Waals surface area contributed by atoms with Crippen molar-refractivity contribution in [3.8, 4) is 5.95 Å². The third kappa shape index (κ3) is 3.83. The van der Waals surface area contributed by atoms with Gasteiger partial charge in [0.1, 0.15) is 0 Å². The molecule has 0 spiro atoms. The summed E-state index contributed by atoms with van der Waals surface area (Å²) in [6.07, 6.45) is 0. The summed E-state index contributed by atoms with van der Waals surface area (Å²) < 4.78 is 2.93. The van der Waals surface area contributed by atoms with Crippen molar-refractivity contribution in [3.05, 3.63) is 46.2 Å². The summed E-state index contributed by atoms with van der Waals surface area (Å²) in [5, 5.41) is 16.2. The fourth-order valence-electron chi connectivity index (χ4n) is 2.34. The highest BCUT2D eigenvalue weighted by atomic mass is 35.5. The Hall–Kier alpha value is -2.52. The lowest BCUT2D eigenvalue weighted by atomic mass is 10.2. The number of nitrogens with one attached hydrogen (secondary N) is 1. The molecule has 10 heteroatoms. The summed E-state index contributed by atoms with van der Waals surface area (Å²) in [4.78, 5) is 12.1. The van der Waals surface area contributed by atoms with Crippen LogP contribution in [0.15, 0.2) is 29.4 Å². The minimum Gasteiger partial charge on any atom is -0.334 e. The maximum Gasteiger partial charge on any atom is 0.271 e. The first-order valence-electron chi connectivity index (χ1n) is 7.78. The predicted octanol–water partition coefficient (Wildman–Crippen LogP) is 2.49. The van der Waals surface area contributed by atoms with E-state index in [0.29, 0.717) is 21.8 Å². The van der Waals surface area contributed by atoms with Gasteiger partial charge in [-0.1, -0.05) is 29.4 Å². The van der Waals surface area contributed by atoms with E-state index in [4.69, 9.17) is 17.4 Å². The molecule has 0 aliphatic heterocycles. The van der Waals surface area contributed by atoms with Crippen LogP contribution in [0.4, 0.5) is 5.69 Å². The maximum absolute atomic E-state index is 12.1. The lowest BCUT2D eigenvalue weighted by molar-refractivity contribution is -0.113. The standard InChI is InChI=1S/C16H18ClN7OS/c1-9-4-5-12(7-13(9)17)19-14(25)8-26-16-21-20-15(23(16)18)24-11(3)6-10(2)22-24/h4-7H,8,18H2,1-3H3,(H,19,25). The number of hydrogen-bond acceptors (Lipinski definition) is 6. The van der Waals surface area contributed by atoms with Gasteiger partial charge in [0.2, 0.25) is 11.1 Å². The van der Waals surface area contributed by atoms with Crippen molar-refractivity contribution in [2.24, 2.45) is 0 Å². The molecule has 3 rings (SSSR count). The second-order valence-electron chi connectivity index (χ2n) is 5.79. The molecule has 0 fully saturated rings. The molecule has 3 N–H and O–H groups in total. The molecule has 0 saturated carbocycles. The second-order valence-corrected chi connectivity index (χ2v) is 7.14. The zero-order valence-electron chi connectivity index (χ0n) is 14.5. The highest BCUT2D eigenvalue weighted by molar-refractivity contribution is 7.99. The monoisotopic (exact) mass is 391 g/mol. The number of amides is 1. The van der Waals surface area contributed by atoms with Gasteiger partial charge in [0.25, 0.3) is 5.95 Å². The Balaban J connectivity index is 1.65. The van der Waals surface area contributed by atoms with Crippen LogP contribution in [0.5, 0.6) is 0 Å². The van der Waals surface area contributed by atoms with E-state index in [9.17, 15) is 4.79 Å². The molecule has 0 unspecified atom stereocenters. The Morgan fingerprint density at radius 3 is 2.69 bits per heavy atom. The average Bonchev–Trinajstić information content (AvgIpc) is 3.10. The van der Waals surface area contributed by atoms with Gasteiger partial charge in [-0.15, -0.1) is 10.2 Å². The summed E-state index contributed by atoms with van der Waals surface area (Å²) in [5.74, 6) is 6.39. The Labute approximate surface area is 159 Å². The fourth-order valence-corrected chi connectivity index (χ4v) is 3.17. The molecule has 0 bridgehead atoms. The number of anilines is 1. The normalized spacial score (nSPS) is 10.9. The van der Waals surface area contributed by atoms with Gasteiger partial charge in [-0.3, -0.25) is 4.79 Å². The lowest BCUT2D eigenvalue weighted by Gasteiger charge is -2.07. The van der Waals surface area contributed by atoms with Crippen LogP contribution >= 0.6 is 23.4 Å². The lowest BCUT2D eigenvalue weighted by Crippen LogP contribution is -2.18. The number of carbonyl (C=O) groups excluding carboxylic acids is 1. The molecule has 2 heterocycles. The van der Waals surface area contributed by atoms with Crippen LogP contribution in [-0.2, 0) is 4.79 Å². The van der Waals surface area contributed by atoms with Gasteiger partial charge in [-0.05, 0) is 44.5 Å². The number of nitrogens with two attached hydrogens (primary N) is 1. The largest absolute Gasteiger partial charge is 0.334 e. The topological polar surface area (TPSA) is 104 Å². The molecule has 2 aromatic heterocycles. The van der Waals surface area contributed by atoms with Crippen LogP contribution in [-0.4, -0.2) is 36.3 Å². The number of carbonyl (C=O) groups is 1. The minimum absolute atomic E-state index is 0.137. The number of nitrogens with zero attached hydrogens (tertiary/aromatic N) is 5. The first-order chi connectivity index (χ1) is 12.3.